The van der Waals surface area contributed by atoms with Crippen molar-refractivity contribution < 1.29 is 9.53 Å². The van der Waals surface area contributed by atoms with E-state index in [1.165, 1.54) is 0 Å². The smallest absolute Gasteiger partial charge is 0.237 e. The molecule has 1 heterocycles. The van der Waals surface area contributed by atoms with Crippen molar-refractivity contribution in [3.8, 4) is 5.75 Å². The highest BCUT2D eigenvalue weighted by Gasteiger charge is 2.65. The van der Waals surface area contributed by atoms with Crippen LogP contribution in [-0.4, -0.2) is 26.6 Å². The van der Waals surface area contributed by atoms with Crippen molar-refractivity contribution in [1.82, 2.24) is 0 Å². The Bertz CT molecular complexity index is 500. The Hall–Kier alpha value is -1.55. The number of fused-ring (bicyclic) bond motifs is 2. The second kappa shape index (κ2) is 3.23. The predicted octanol–water partition coefficient (Wildman–Crippen LogP) is 0.888. The van der Waals surface area contributed by atoms with Gasteiger partial charge in [-0.15, -0.1) is 0 Å². The lowest BCUT2D eigenvalue weighted by molar-refractivity contribution is -0.120. The van der Waals surface area contributed by atoms with Gasteiger partial charge in [0.2, 0.25) is 5.91 Å². The molecule has 4 heteroatoms. The summed E-state index contributed by atoms with van der Waals surface area (Å²) in [6, 6.07) is 5.85. The van der Waals surface area contributed by atoms with Crippen LogP contribution in [0.25, 0.3) is 0 Å². The second-order valence-corrected chi connectivity index (χ2v) is 4.86. The van der Waals surface area contributed by atoms with E-state index in [2.05, 4.69) is 0 Å². The van der Waals surface area contributed by atoms with Crippen molar-refractivity contribution in [2.45, 2.75) is 11.8 Å². The first-order valence-corrected chi connectivity index (χ1v) is 5.82. The maximum atomic E-state index is 12.3. The molecule has 2 N–H and O–H groups in total. The van der Waals surface area contributed by atoms with Gasteiger partial charge in [-0.1, -0.05) is 6.07 Å². The maximum Gasteiger partial charge on any atom is 0.237 e. The number of amides is 1. The molecular weight excluding hydrogens is 216 g/mol. The standard InChI is InChI=1S/C13H16N2O2/c1-15-11-5-9(17-2)3-4-10(11)13(12(15)16)6-8(13)7-14/h3-5,8H,6-7,14H2,1-2H3. The van der Waals surface area contributed by atoms with Gasteiger partial charge in [-0.3, -0.25) is 4.79 Å². The molecule has 2 unspecified atom stereocenters. The van der Waals surface area contributed by atoms with Crippen molar-refractivity contribution in [2.75, 3.05) is 25.6 Å². The molecular formula is C13H16N2O2. The van der Waals surface area contributed by atoms with Gasteiger partial charge in [-0.2, -0.15) is 0 Å². The molecule has 4 nitrogen and oxygen atoms in total. The largest absolute Gasteiger partial charge is 0.497 e. The van der Waals surface area contributed by atoms with Crippen molar-refractivity contribution in [1.29, 1.82) is 0 Å². The highest BCUT2D eigenvalue weighted by molar-refractivity contribution is 6.10. The molecule has 1 aromatic carbocycles. The Morgan fingerprint density at radius 3 is 2.94 bits per heavy atom. The van der Waals surface area contributed by atoms with E-state index in [-0.39, 0.29) is 11.3 Å². The van der Waals surface area contributed by atoms with Crippen molar-refractivity contribution in [3.05, 3.63) is 23.8 Å². The molecule has 1 spiro atoms. The van der Waals surface area contributed by atoms with Crippen LogP contribution in [0, 0.1) is 5.92 Å². The fourth-order valence-electron chi connectivity index (χ4n) is 3.02. The molecule has 2 aliphatic rings. The lowest BCUT2D eigenvalue weighted by Gasteiger charge is -2.11. The summed E-state index contributed by atoms with van der Waals surface area (Å²) >= 11 is 0. The van der Waals surface area contributed by atoms with Gasteiger partial charge in [-0.05, 0) is 30.5 Å². The Kier molecular flexibility index (Phi) is 2.01. The number of likely N-dealkylation sites (N-methyl/N-ethyl adjacent to an activating group) is 1. The van der Waals surface area contributed by atoms with Crippen LogP contribution in [0.3, 0.4) is 0 Å². The molecule has 0 saturated heterocycles. The molecule has 90 valence electrons. The number of hydrogen-bond donors (Lipinski definition) is 1. The molecule has 17 heavy (non-hydrogen) atoms. The Balaban J connectivity index is 2.12. The molecule has 1 fully saturated rings. The summed E-state index contributed by atoms with van der Waals surface area (Å²) in [5, 5.41) is 0. The van der Waals surface area contributed by atoms with Crippen LogP contribution in [0.15, 0.2) is 18.2 Å². The molecule has 0 aromatic heterocycles. The fourth-order valence-corrected chi connectivity index (χ4v) is 3.02. The van der Waals surface area contributed by atoms with E-state index in [0.29, 0.717) is 12.5 Å². The molecule has 0 bridgehead atoms. The summed E-state index contributed by atoms with van der Waals surface area (Å²) in [6.45, 7) is 0.574. The first-order chi connectivity index (χ1) is 8.15. The number of methoxy groups -OCH3 is 1. The minimum absolute atomic E-state index is 0.177. The van der Waals surface area contributed by atoms with E-state index in [9.17, 15) is 4.79 Å². The maximum absolute atomic E-state index is 12.3. The number of carbonyl (C=O) groups is 1. The van der Waals surface area contributed by atoms with E-state index < -0.39 is 0 Å². The first-order valence-electron chi connectivity index (χ1n) is 5.82. The number of ether oxygens (including phenoxy) is 1. The van der Waals surface area contributed by atoms with Gasteiger partial charge in [0.05, 0.1) is 18.2 Å². The summed E-state index contributed by atoms with van der Waals surface area (Å²) in [7, 11) is 3.45. The zero-order valence-corrected chi connectivity index (χ0v) is 10.1. The topological polar surface area (TPSA) is 55.6 Å². The van der Waals surface area contributed by atoms with Gasteiger partial charge in [0.1, 0.15) is 5.75 Å². The van der Waals surface area contributed by atoms with E-state index in [1.54, 1.807) is 12.0 Å². The van der Waals surface area contributed by atoms with Crippen molar-refractivity contribution in [3.63, 3.8) is 0 Å². The second-order valence-electron chi connectivity index (χ2n) is 4.86. The Labute approximate surface area is 100 Å². The van der Waals surface area contributed by atoms with E-state index in [1.807, 2.05) is 25.2 Å². The molecule has 1 saturated carbocycles. The average Bonchev–Trinajstić information content (AvgIpc) is 3.07. The number of nitrogens with two attached hydrogens (primary N) is 1. The molecule has 1 aliphatic heterocycles. The zero-order chi connectivity index (χ0) is 12.2. The molecule has 3 rings (SSSR count). The summed E-state index contributed by atoms with van der Waals surface area (Å²) in [5.74, 6) is 1.26. The summed E-state index contributed by atoms with van der Waals surface area (Å²) < 4.78 is 5.20. The number of anilines is 1. The van der Waals surface area contributed by atoms with Crippen LogP contribution < -0.4 is 15.4 Å². The van der Waals surface area contributed by atoms with E-state index >= 15 is 0 Å². The van der Waals surface area contributed by atoms with Gasteiger partial charge < -0.3 is 15.4 Å². The van der Waals surface area contributed by atoms with Crippen LogP contribution in [-0.2, 0) is 10.2 Å². The summed E-state index contributed by atoms with van der Waals surface area (Å²) in [6.07, 6.45) is 0.881. The van der Waals surface area contributed by atoms with Crippen molar-refractivity contribution in [2.24, 2.45) is 11.7 Å². The minimum Gasteiger partial charge on any atom is -0.497 e. The Morgan fingerprint density at radius 1 is 1.59 bits per heavy atom. The predicted molar refractivity (Wildman–Crippen MR) is 65.2 cm³/mol. The van der Waals surface area contributed by atoms with Gasteiger partial charge in [-0.25, -0.2) is 0 Å². The van der Waals surface area contributed by atoms with E-state index in [0.717, 1.165) is 23.4 Å². The lowest BCUT2D eigenvalue weighted by Crippen LogP contribution is -2.30. The first kappa shape index (κ1) is 10.6. The quantitative estimate of drug-likeness (QED) is 0.823. The summed E-state index contributed by atoms with van der Waals surface area (Å²) in [4.78, 5) is 14.1. The third-order valence-electron chi connectivity index (χ3n) is 4.12. The summed E-state index contributed by atoms with van der Waals surface area (Å²) in [5.41, 5.74) is 7.46. The fraction of sp³-hybridized carbons (Fsp3) is 0.462. The Morgan fingerprint density at radius 2 is 2.35 bits per heavy atom. The third kappa shape index (κ3) is 1.13. The normalized spacial score (nSPS) is 29.7. The lowest BCUT2D eigenvalue weighted by atomic mass is 9.95. The highest BCUT2D eigenvalue weighted by Crippen LogP contribution is 2.61. The van der Waals surface area contributed by atoms with E-state index in [4.69, 9.17) is 10.5 Å². The molecule has 1 aromatic rings. The third-order valence-corrected chi connectivity index (χ3v) is 4.12. The van der Waals surface area contributed by atoms with Gasteiger partial charge in [0, 0.05) is 13.1 Å². The number of nitrogens with zero attached hydrogens (tertiary/aromatic N) is 1. The van der Waals surface area contributed by atoms with Crippen LogP contribution in [0.1, 0.15) is 12.0 Å². The minimum atomic E-state index is -0.328. The number of benzene rings is 1. The van der Waals surface area contributed by atoms with Crippen LogP contribution in [0.2, 0.25) is 0 Å². The van der Waals surface area contributed by atoms with Gasteiger partial charge >= 0.3 is 0 Å². The van der Waals surface area contributed by atoms with Gasteiger partial charge in [0.15, 0.2) is 0 Å². The van der Waals surface area contributed by atoms with Gasteiger partial charge in [0.25, 0.3) is 0 Å². The molecule has 1 aliphatic carbocycles. The van der Waals surface area contributed by atoms with Crippen LogP contribution in [0.5, 0.6) is 5.75 Å². The van der Waals surface area contributed by atoms with Crippen molar-refractivity contribution >= 4 is 11.6 Å². The van der Waals surface area contributed by atoms with Crippen LogP contribution >= 0.6 is 0 Å². The highest BCUT2D eigenvalue weighted by atomic mass is 16.5. The number of hydrogen-bond acceptors (Lipinski definition) is 3. The SMILES string of the molecule is COc1ccc2c(c1)N(C)C(=O)C21CC1CN. The van der Waals surface area contributed by atoms with Crippen LogP contribution in [0.4, 0.5) is 5.69 Å². The zero-order valence-electron chi connectivity index (χ0n) is 10.1. The molecule has 1 amide bonds. The molecule has 2 atom stereocenters. The average molecular weight is 232 g/mol. The molecule has 0 radical (unpaired) electrons. The number of carbonyl (C=O) groups excluding carboxylic acids is 1. The number of rotatable bonds is 2. The monoisotopic (exact) mass is 232 g/mol.